The highest BCUT2D eigenvalue weighted by Gasteiger charge is 2.13. The number of primary amides is 1. The van der Waals surface area contributed by atoms with E-state index < -0.39 is 5.91 Å². The van der Waals surface area contributed by atoms with Crippen LogP contribution in [0.5, 0.6) is 0 Å². The number of rotatable bonds is 5. The topological polar surface area (TPSA) is 107 Å². The summed E-state index contributed by atoms with van der Waals surface area (Å²) in [5.41, 5.74) is 5.58. The fourth-order valence-corrected chi connectivity index (χ4v) is 2.46. The van der Waals surface area contributed by atoms with Gasteiger partial charge in [-0.15, -0.1) is 0 Å². The van der Waals surface area contributed by atoms with Crippen LogP contribution >= 0.6 is 31.9 Å². The summed E-state index contributed by atoms with van der Waals surface area (Å²) in [7, 11) is 0. The molecule has 0 saturated heterocycles. The second-order valence-corrected chi connectivity index (χ2v) is 5.34. The molecule has 0 unspecified atom stereocenters. The number of carbonyl (C=O) groups excluding carboxylic acids is 1. The molecule has 0 spiro atoms. The molecule has 0 atom stereocenters. The molecule has 7 nitrogen and oxygen atoms in total. The van der Waals surface area contributed by atoms with E-state index in [1.807, 2.05) is 6.07 Å². The molecule has 0 aliphatic rings. The Labute approximate surface area is 125 Å². The third kappa shape index (κ3) is 3.82. The minimum atomic E-state index is -0.447. The molecule has 0 aromatic carbocycles. The molecule has 3 N–H and O–H groups in total. The third-order valence-corrected chi connectivity index (χ3v) is 3.10. The summed E-state index contributed by atoms with van der Waals surface area (Å²) in [6.07, 6.45) is 1.64. The number of hydrogen-bond donors (Lipinski definition) is 2. The van der Waals surface area contributed by atoms with Crippen molar-refractivity contribution in [2.45, 2.75) is 6.54 Å². The predicted octanol–water partition coefficient (Wildman–Crippen LogP) is 1.23. The second kappa shape index (κ2) is 6.22. The van der Waals surface area contributed by atoms with E-state index in [0.29, 0.717) is 17.4 Å². The van der Waals surface area contributed by atoms with Gasteiger partial charge in [0.2, 0.25) is 17.6 Å². The fourth-order valence-electron chi connectivity index (χ4n) is 1.29. The lowest BCUT2D eigenvalue weighted by molar-refractivity contribution is -0.117. The Balaban J connectivity index is 2.10. The molecule has 0 fully saturated rings. The molecule has 0 saturated carbocycles. The molecule has 0 aliphatic heterocycles. The maximum Gasteiger partial charge on any atom is 0.240 e. The van der Waals surface area contributed by atoms with E-state index >= 15 is 0 Å². The zero-order valence-corrected chi connectivity index (χ0v) is 12.7. The molecule has 9 heteroatoms. The number of nitrogens with zero attached hydrogens (tertiary/aromatic N) is 3. The summed E-state index contributed by atoms with van der Waals surface area (Å²) in [6.45, 7) is 0.321. The number of nitrogens with one attached hydrogen (secondary N) is 1. The van der Waals surface area contributed by atoms with Crippen LogP contribution in [0.2, 0.25) is 0 Å². The van der Waals surface area contributed by atoms with Crippen LogP contribution in [-0.2, 0) is 11.3 Å². The van der Waals surface area contributed by atoms with Gasteiger partial charge < -0.3 is 10.3 Å². The first kappa shape index (κ1) is 14.1. The van der Waals surface area contributed by atoms with E-state index in [1.54, 1.807) is 6.20 Å². The van der Waals surface area contributed by atoms with Gasteiger partial charge in [-0.25, -0.2) is 0 Å². The lowest BCUT2D eigenvalue weighted by Gasteiger charge is -1.98. The first-order valence-electron chi connectivity index (χ1n) is 5.19. The van der Waals surface area contributed by atoms with Crippen molar-refractivity contribution in [3.8, 4) is 11.5 Å². The Morgan fingerprint density at radius 1 is 1.47 bits per heavy atom. The number of aromatic nitrogens is 3. The molecule has 0 radical (unpaired) electrons. The number of amides is 1. The quantitative estimate of drug-likeness (QED) is 0.795. The van der Waals surface area contributed by atoms with Crippen LogP contribution in [-0.4, -0.2) is 27.6 Å². The lowest BCUT2D eigenvalue weighted by Crippen LogP contribution is -2.28. The molecule has 1 amide bonds. The molecule has 19 heavy (non-hydrogen) atoms. The molecule has 2 heterocycles. The van der Waals surface area contributed by atoms with Gasteiger partial charge in [-0.1, -0.05) is 5.16 Å². The van der Waals surface area contributed by atoms with Crippen molar-refractivity contribution in [3.05, 3.63) is 27.1 Å². The van der Waals surface area contributed by atoms with Crippen LogP contribution < -0.4 is 11.1 Å². The van der Waals surface area contributed by atoms with Crippen molar-refractivity contribution < 1.29 is 9.32 Å². The molecular weight excluding hydrogens is 382 g/mol. The van der Waals surface area contributed by atoms with Gasteiger partial charge in [0, 0.05) is 15.1 Å². The lowest BCUT2D eigenvalue weighted by atomic mass is 10.3. The summed E-state index contributed by atoms with van der Waals surface area (Å²) in [5, 5.41) is 6.60. The fraction of sp³-hybridized carbons (Fsp3) is 0.200. The molecule has 100 valence electrons. The van der Waals surface area contributed by atoms with Gasteiger partial charge in [-0.05, 0) is 37.9 Å². The zero-order chi connectivity index (χ0) is 13.8. The molecule has 0 aliphatic carbocycles. The van der Waals surface area contributed by atoms with E-state index in [1.165, 1.54) is 0 Å². The van der Waals surface area contributed by atoms with E-state index in [9.17, 15) is 4.79 Å². The highest BCUT2D eigenvalue weighted by atomic mass is 79.9. The van der Waals surface area contributed by atoms with Gasteiger partial charge in [0.1, 0.15) is 5.69 Å². The van der Waals surface area contributed by atoms with E-state index in [0.717, 1.165) is 8.95 Å². The smallest absolute Gasteiger partial charge is 0.240 e. The van der Waals surface area contributed by atoms with Gasteiger partial charge in [-0.2, -0.15) is 4.98 Å². The van der Waals surface area contributed by atoms with Gasteiger partial charge in [-0.3, -0.25) is 15.1 Å². The van der Waals surface area contributed by atoms with Crippen molar-refractivity contribution in [1.82, 2.24) is 20.4 Å². The van der Waals surface area contributed by atoms with Crippen molar-refractivity contribution in [2.24, 2.45) is 5.73 Å². The summed E-state index contributed by atoms with van der Waals surface area (Å²) in [6, 6.07) is 1.84. The van der Waals surface area contributed by atoms with Crippen LogP contribution in [0.4, 0.5) is 0 Å². The number of hydrogen-bond acceptors (Lipinski definition) is 6. The SMILES string of the molecule is NC(=O)CNCc1nc(-c2ncc(Br)cc2Br)no1. The standard InChI is InChI=1S/C10H9Br2N5O2/c11-5-1-6(12)9(15-2-5)10-16-8(19-17-10)4-14-3-7(13)18/h1-2,14H,3-4H2,(H2,13,18). The predicted molar refractivity (Wildman–Crippen MR) is 73.8 cm³/mol. The maximum absolute atomic E-state index is 10.6. The maximum atomic E-state index is 10.6. The van der Waals surface area contributed by atoms with Crippen LogP contribution in [0.3, 0.4) is 0 Å². The largest absolute Gasteiger partial charge is 0.369 e. The Morgan fingerprint density at radius 2 is 2.26 bits per heavy atom. The monoisotopic (exact) mass is 389 g/mol. The highest BCUT2D eigenvalue weighted by molar-refractivity contribution is 9.11. The molecule has 2 rings (SSSR count). The third-order valence-electron chi connectivity index (χ3n) is 2.06. The first-order valence-corrected chi connectivity index (χ1v) is 6.78. The summed E-state index contributed by atoms with van der Waals surface area (Å²) >= 11 is 6.69. The highest BCUT2D eigenvalue weighted by Crippen LogP contribution is 2.26. The molecule has 2 aromatic heterocycles. The van der Waals surface area contributed by atoms with Gasteiger partial charge in [0.15, 0.2) is 0 Å². The van der Waals surface area contributed by atoms with Crippen molar-refractivity contribution in [1.29, 1.82) is 0 Å². The molecule has 2 aromatic rings. The van der Waals surface area contributed by atoms with E-state index in [2.05, 4.69) is 52.3 Å². The summed E-state index contributed by atoms with van der Waals surface area (Å²) in [4.78, 5) is 18.9. The molecular formula is C10H9Br2N5O2. The number of pyridine rings is 1. The normalized spacial score (nSPS) is 10.6. The van der Waals surface area contributed by atoms with E-state index in [4.69, 9.17) is 10.3 Å². The number of carbonyl (C=O) groups is 1. The minimum Gasteiger partial charge on any atom is -0.369 e. The van der Waals surface area contributed by atoms with Crippen LogP contribution in [0.1, 0.15) is 5.89 Å². The van der Waals surface area contributed by atoms with Crippen molar-refractivity contribution in [2.75, 3.05) is 6.54 Å². The molecule has 0 bridgehead atoms. The van der Waals surface area contributed by atoms with Gasteiger partial charge >= 0.3 is 0 Å². The van der Waals surface area contributed by atoms with Crippen LogP contribution in [0.15, 0.2) is 25.7 Å². The minimum absolute atomic E-state index is 0.0535. The summed E-state index contributed by atoms with van der Waals surface area (Å²) < 4.78 is 6.63. The number of nitrogens with two attached hydrogens (primary N) is 1. The van der Waals surface area contributed by atoms with Crippen molar-refractivity contribution >= 4 is 37.8 Å². The van der Waals surface area contributed by atoms with Crippen LogP contribution in [0, 0.1) is 0 Å². The Hall–Kier alpha value is -1.32. The Morgan fingerprint density at radius 3 is 2.95 bits per heavy atom. The van der Waals surface area contributed by atoms with E-state index in [-0.39, 0.29) is 13.1 Å². The van der Waals surface area contributed by atoms with Gasteiger partial charge in [0.25, 0.3) is 0 Å². The first-order chi connectivity index (χ1) is 9.06. The average molecular weight is 391 g/mol. The zero-order valence-electron chi connectivity index (χ0n) is 9.56. The van der Waals surface area contributed by atoms with Crippen molar-refractivity contribution in [3.63, 3.8) is 0 Å². The van der Waals surface area contributed by atoms with Gasteiger partial charge in [0.05, 0.1) is 13.1 Å². The Bertz CT molecular complexity index is 601. The second-order valence-electron chi connectivity index (χ2n) is 3.57. The average Bonchev–Trinajstić information content (AvgIpc) is 2.77. The Kier molecular flexibility index (Phi) is 4.61. The van der Waals surface area contributed by atoms with Crippen LogP contribution in [0.25, 0.3) is 11.5 Å². The summed E-state index contributed by atoms with van der Waals surface area (Å²) in [5.74, 6) is 0.278. The number of halogens is 2.